The highest BCUT2D eigenvalue weighted by molar-refractivity contribution is 5.51. The summed E-state index contributed by atoms with van der Waals surface area (Å²) in [7, 11) is 1.51. The van der Waals surface area contributed by atoms with Crippen LogP contribution in [0.1, 0.15) is 18.0 Å². The molecule has 4 heteroatoms. The number of phenolic OH excluding ortho intramolecular Hbond substituents is 1. The van der Waals surface area contributed by atoms with Crippen molar-refractivity contribution < 1.29 is 14.6 Å². The molecule has 0 aromatic heterocycles. The van der Waals surface area contributed by atoms with Gasteiger partial charge in [0.25, 0.3) is 0 Å². The zero-order valence-electron chi connectivity index (χ0n) is 7.99. The lowest BCUT2D eigenvalue weighted by molar-refractivity contribution is 0.265. The molecule has 0 bridgehead atoms. The maximum absolute atomic E-state index is 9.51. The van der Waals surface area contributed by atoms with Crippen LogP contribution in [0.2, 0.25) is 0 Å². The maximum Gasteiger partial charge on any atom is 0.161 e. The minimum Gasteiger partial charge on any atom is -0.504 e. The summed E-state index contributed by atoms with van der Waals surface area (Å²) in [5.74, 6) is 1.17. The van der Waals surface area contributed by atoms with E-state index in [4.69, 9.17) is 15.2 Å². The molecule has 1 aromatic rings. The Morgan fingerprint density at radius 1 is 1.57 bits per heavy atom. The van der Waals surface area contributed by atoms with Crippen molar-refractivity contribution >= 4 is 0 Å². The van der Waals surface area contributed by atoms with Crippen molar-refractivity contribution in [2.45, 2.75) is 12.5 Å². The van der Waals surface area contributed by atoms with Gasteiger partial charge in [-0.1, -0.05) is 0 Å². The highest BCUT2D eigenvalue weighted by atomic mass is 16.5. The molecule has 0 spiro atoms. The molecule has 0 radical (unpaired) electrons. The fourth-order valence-corrected chi connectivity index (χ4v) is 1.59. The van der Waals surface area contributed by atoms with Crippen molar-refractivity contribution in [1.82, 2.24) is 0 Å². The van der Waals surface area contributed by atoms with E-state index in [0.717, 1.165) is 12.0 Å². The first-order valence-corrected chi connectivity index (χ1v) is 4.51. The van der Waals surface area contributed by atoms with E-state index in [9.17, 15) is 5.11 Å². The highest BCUT2D eigenvalue weighted by Gasteiger charge is 2.20. The summed E-state index contributed by atoms with van der Waals surface area (Å²) in [5.41, 5.74) is 6.80. The van der Waals surface area contributed by atoms with Crippen molar-refractivity contribution in [1.29, 1.82) is 0 Å². The predicted octanol–water partition coefficient (Wildman–Crippen LogP) is 1.18. The Labute approximate surface area is 82.2 Å². The average Bonchev–Trinajstić information content (AvgIpc) is 2.17. The molecule has 1 heterocycles. The Morgan fingerprint density at radius 2 is 2.36 bits per heavy atom. The summed E-state index contributed by atoms with van der Waals surface area (Å²) in [6.45, 7) is 0.597. The number of rotatable bonds is 1. The van der Waals surface area contributed by atoms with Crippen LogP contribution >= 0.6 is 0 Å². The van der Waals surface area contributed by atoms with Gasteiger partial charge in [0, 0.05) is 24.1 Å². The van der Waals surface area contributed by atoms with Gasteiger partial charge < -0.3 is 20.3 Å². The fraction of sp³-hybridized carbons (Fsp3) is 0.400. The number of benzene rings is 1. The second kappa shape index (κ2) is 3.38. The van der Waals surface area contributed by atoms with Gasteiger partial charge in [0.2, 0.25) is 0 Å². The number of hydrogen-bond acceptors (Lipinski definition) is 4. The topological polar surface area (TPSA) is 64.7 Å². The van der Waals surface area contributed by atoms with Gasteiger partial charge in [-0.15, -0.1) is 0 Å². The Morgan fingerprint density at radius 3 is 3.07 bits per heavy atom. The maximum atomic E-state index is 9.51. The Balaban J connectivity index is 2.49. The van der Waals surface area contributed by atoms with Gasteiger partial charge in [0.15, 0.2) is 11.5 Å². The number of hydrogen-bond donors (Lipinski definition) is 2. The number of aromatic hydroxyl groups is 1. The average molecular weight is 195 g/mol. The standard InChI is InChI=1S/C10H13NO3/c1-13-10-4-6-7(11)2-3-14-9(6)5-8(10)12/h4-5,7,12H,2-3,11H2,1H3. The van der Waals surface area contributed by atoms with Gasteiger partial charge in [-0.25, -0.2) is 0 Å². The summed E-state index contributed by atoms with van der Waals surface area (Å²) in [6.07, 6.45) is 0.793. The smallest absolute Gasteiger partial charge is 0.161 e. The molecule has 2 rings (SSSR count). The first-order valence-electron chi connectivity index (χ1n) is 4.51. The number of nitrogens with two attached hydrogens (primary N) is 1. The Kier molecular flexibility index (Phi) is 2.21. The van der Waals surface area contributed by atoms with Gasteiger partial charge in [-0.05, 0) is 6.07 Å². The van der Waals surface area contributed by atoms with E-state index < -0.39 is 0 Å². The van der Waals surface area contributed by atoms with E-state index in [-0.39, 0.29) is 11.8 Å². The zero-order chi connectivity index (χ0) is 10.1. The lowest BCUT2D eigenvalue weighted by Crippen LogP contribution is -2.20. The van der Waals surface area contributed by atoms with Crippen LogP contribution in [0.5, 0.6) is 17.2 Å². The van der Waals surface area contributed by atoms with Crippen molar-refractivity contribution in [3.8, 4) is 17.2 Å². The number of ether oxygens (including phenoxy) is 2. The van der Waals surface area contributed by atoms with Crippen LogP contribution in [0.4, 0.5) is 0 Å². The van der Waals surface area contributed by atoms with Crippen LogP contribution < -0.4 is 15.2 Å². The van der Waals surface area contributed by atoms with Gasteiger partial charge in [0.05, 0.1) is 13.7 Å². The molecule has 0 saturated carbocycles. The Hall–Kier alpha value is -1.42. The van der Waals surface area contributed by atoms with Gasteiger partial charge in [0.1, 0.15) is 5.75 Å². The van der Waals surface area contributed by atoms with Crippen LogP contribution in [0.3, 0.4) is 0 Å². The van der Waals surface area contributed by atoms with E-state index in [1.54, 1.807) is 12.1 Å². The first kappa shape index (κ1) is 9.15. The van der Waals surface area contributed by atoms with E-state index >= 15 is 0 Å². The highest BCUT2D eigenvalue weighted by Crippen LogP contribution is 2.39. The molecule has 1 aromatic carbocycles. The quantitative estimate of drug-likeness (QED) is 0.706. The third kappa shape index (κ3) is 1.37. The fourth-order valence-electron chi connectivity index (χ4n) is 1.59. The largest absolute Gasteiger partial charge is 0.504 e. The van der Waals surface area contributed by atoms with Crippen molar-refractivity contribution in [3.63, 3.8) is 0 Å². The third-order valence-electron chi connectivity index (χ3n) is 2.40. The normalized spacial score (nSPS) is 19.7. The lowest BCUT2D eigenvalue weighted by Gasteiger charge is -2.23. The minimum absolute atomic E-state index is 0.0340. The molecule has 1 aliphatic heterocycles. The summed E-state index contributed by atoms with van der Waals surface area (Å²) < 4.78 is 10.4. The first-order chi connectivity index (χ1) is 6.72. The molecule has 3 N–H and O–H groups in total. The number of fused-ring (bicyclic) bond motifs is 1. The van der Waals surface area contributed by atoms with Crippen LogP contribution in [-0.4, -0.2) is 18.8 Å². The van der Waals surface area contributed by atoms with Crippen LogP contribution in [0.25, 0.3) is 0 Å². The minimum atomic E-state index is -0.0340. The van der Waals surface area contributed by atoms with Crippen LogP contribution in [0, 0.1) is 0 Å². The van der Waals surface area contributed by atoms with E-state index in [1.165, 1.54) is 7.11 Å². The lowest BCUT2D eigenvalue weighted by atomic mass is 10.0. The Bertz CT molecular complexity index is 351. The molecule has 1 unspecified atom stereocenters. The summed E-state index contributed by atoms with van der Waals surface area (Å²) in [6, 6.07) is 3.25. The number of methoxy groups -OCH3 is 1. The van der Waals surface area contributed by atoms with Crippen molar-refractivity contribution in [2.24, 2.45) is 5.73 Å². The molecule has 1 aliphatic rings. The zero-order valence-corrected chi connectivity index (χ0v) is 7.99. The van der Waals surface area contributed by atoms with E-state index in [0.29, 0.717) is 18.1 Å². The molecule has 4 nitrogen and oxygen atoms in total. The second-order valence-corrected chi connectivity index (χ2v) is 3.31. The molecule has 14 heavy (non-hydrogen) atoms. The molecule has 0 fully saturated rings. The van der Waals surface area contributed by atoms with Crippen LogP contribution in [-0.2, 0) is 0 Å². The van der Waals surface area contributed by atoms with Crippen molar-refractivity contribution in [3.05, 3.63) is 17.7 Å². The van der Waals surface area contributed by atoms with E-state index in [2.05, 4.69) is 0 Å². The van der Waals surface area contributed by atoms with Gasteiger partial charge in [-0.3, -0.25) is 0 Å². The monoisotopic (exact) mass is 195 g/mol. The molecule has 0 saturated heterocycles. The predicted molar refractivity (Wildman–Crippen MR) is 51.7 cm³/mol. The summed E-state index contributed by atoms with van der Waals surface area (Å²) in [4.78, 5) is 0. The second-order valence-electron chi connectivity index (χ2n) is 3.31. The van der Waals surface area contributed by atoms with Crippen LogP contribution in [0.15, 0.2) is 12.1 Å². The molecule has 0 amide bonds. The van der Waals surface area contributed by atoms with Crippen molar-refractivity contribution in [2.75, 3.05) is 13.7 Å². The molecule has 76 valence electrons. The molecular weight excluding hydrogens is 182 g/mol. The summed E-state index contributed by atoms with van der Waals surface area (Å²) in [5, 5.41) is 9.51. The van der Waals surface area contributed by atoms with E-state index in [1.807, 2.05) is 0 Å². The summed E-state index contributed by atoms with van der Waals surface area (Å²) >= 11 is 0. The van der Waals surface area contributed by atoms with Gasteiger partial charge >= 0.3 is 0 Å². The molecule has 0 aliphatic carbocycles. The van der Waals surface area contributed by atoms with Gasteiger partial charge in [-0.2, -0.15) is 0 Å². The SMILES string of the molecule is COc1cc2c(cc1O)OCCC2N. The molecular formula is C10H13NO3. The number of phenols is 1. The third-order valence-corrected chi connectivity index (χ3v) is 2.40. The molecule has 1 atom stereocenters.